The lowest BCUT2D eigenvalue weighted by Crippen LogP contribution is -2.28. The zero-order valence-corrected chi connectivity index (χ0v) is 10.2. The first-order valence-corrected chi connectivity index (χ1v) is 5.80. The number of aromatic nitrogens is 1. The third-order valence-electron chi connectivity index (χ3n) is 2.52. The first-order chi connectivity index (χ1) is 8.61. The number of hydrogen-bond donors (Lipinski definition) is 2. The Balaban J connectivity index is 2.10. The van der Waals surface area contributed by atoms with Gasteiger partial charge < -0.3 is 19.9 Å². The summed E-state index contributed by atoms with van der Waals surface area (Å²) in [4.78, 5) is 22.0. The van der Waals surface area contributed by atoms with Gasteiger partial charge in [-0.05, 0) is 12.8 Å². The molecule has 0 unspecified atom stereocenters. The number of amides is 2. The van der Waals surface area contributed by atoms with Crippen molar-refractivity contribution in [3.8, 4) is 5.95 Å². The Hall–Kier alpha value is -2.05. The SMILES string of the molecule is CC(C)c1noc(OC(=O)NC2CC2)c1NC=O. The summed E-state index contributed by atoms with van der Waals surface area (Å²) in [5, 5.41) is 8.86. The molecule has 1 aromatic heterocycles. The summed E-state index contributed by atoms with van der Waals surface area (Å²) in [5.74, 6) is -0.0519. The molecule has 0 aromatic carbocycles. The lowest BCUT2D eigenvalue weighted by Gasteiger charge is -2.05. The van der Waals surface area contributed by atoms with E-state index in [1.807, 2.05) is 13.8 Å². The van der Waals surface area contributed by atoms with E-state index in [2.05, 4.69) is 15.8 Å². The van der Waals surface area contributed by atoms with Crippen LogP contribution in [0.1, 0.15) is 38.3 Å². The summed E-state index contributed by atoms with van der Waals surface area (Å²) in [6.45, 7) is 3.78. The van der Waals surface area contributed by atoms with Crippen molar-refractivity contribution in [1.82, 2.24) is 10.5 Å². The molecule has 0 atom stereocenters. The van der Waals surface area contributed by atoms with Crippen molar-refractivity contribution >= 4 is 18.2 Å². The molecule has 1 fully saturated rings. The van der Waals surface area contributed by atoms with Crippen molar-refractivity contribution in [3.05, 3.63) is 5.69 Å². The largest absolute Gasteiger partial charge is 0.415 e. The van der Waals surface area contributed by atoms with Crippen molar-refractivity contribution < 1.29 is 18.8 Å². The maximum atomic E-state index is 11.5. The third-order valence-corrected chi connectivity index (χ3v) is 2.52. The van der Waals surface area contributed by atoms with Gasteiger partial charge in [0.1, 0.15) is 5.69 Å². The Kier molecular flexibility index (Phi) is 3.50. The first-order valence-electron chi connectivity index (χ1n) is 5.80. The Morgan fingerprint density at radius 1 is 1.56 bits per heavy atom. The summed E-state index contributed by atoms with van der Waals surface area (Å²) in [6, 6.07) is 0.187. The predicted molar refractivity (Wildman–Crippen MR) is 62.5 cm³/mol. The normalized spacial score (nSPS) is 14.4. The van der Waals surface area contributed by atoms with Crippen LogP contribution in [0.2, 0.25) is 0 Å². The van der Waals surface area contributed by atoms with Gasteiger partial charge in [0.15, 0.2) is 5.69 Å². The maximum Gasteiger partial charge on any atom is 0.415 e. The fraction of sp³-hybridized carbons (Fsp3) is 0.545. The number of hydrogen-bond acceptors (Lipinski definition) is 5. The molecule has 1 aliphatic rings. The second kappa shape index (κ2) is 5.07. The molecule has 0 spiro atoms. The molecule has 1 aromatic rings. The minimum atomic E-state index is -0.599. The van der Waals surface area contributed by atoms with Crippen molar-refractivity contribution in [2.45, 2.75) is 38.6 Å². The summed E-state index contributed by atoms with van der Waals surface area (Å²) in [5.41, 5.74) is 0.835. The van der Waals surface area contributed by atoms with E-state index in [1.165, 1.54) is 0 Å². The molecule has 7 nitrogen and oxygen atoms in total. The fourth-order valence-corrected chi connectivity index (χ4v) is 1.45. The number of carbonyl (C=O) groups is 2. The van der Waals surface area contributed by atoms with E-state index in [9.17, 15) is 9.59 Å². The van der Waals surface area contributed by atoms with E-state index < -0.39 is 6.09 Å². The molecule has 0 aliphatic heterocycles. The highest BCUT2D eigenvalue weighted by molar-refractivity contribution is 5.79. The van der Waals surface area contributed by atoms with Crippen molar-refractivity contribution in [2.24, 2.45) is 0 Å². The van der Waals surface area contributed by atoms with Crippen LogP contribution in [0.4, 0.5) is 10.5 Å². The molecular weight excluding hydrogens is 238 g/mol. The van der Waals surface area contributed by atoms with Gasteiger partial charge >= 0.3 is 12.0 Å². The van der Waals surface area contributed by atoms with Crippen LogP contribution in [0.3, 0.4) is 0 Å². The topological polar surface area (TPSA) is 93.5 Å². The number of carbonyl (C=O) groups excluding carboxylic acids is 2. The summed E-state index contributed by atoms with van der Waals surface area (Å²) < 4.78 is 9.91. The van der Waals surface area contributed by atoms with Gasteiger partial charge in [-0.25, -0.2) is 4.79 Å². The molecule has 2 rings (SSSR count). The van der Waals surface area contributed by atoms with Crippen LogP contribution in [-0.2, 0) is 4.79 Å². The van der Waals surface area contributed by atoms with Crippen molar-refractivity contribution in [3.63, 3.8) is 0 Å². The zero-order chi connectivity index (χ0) is 13.1. The van der Waals surface area contributed by atoms with Gasteiger partial charge in [-0.15, -0.1) is 0 Å². The van der Waals surface area contributed by atoms with E-state index >= 15 is 0 Å². The molecule has 98 valence electrons. The van der Waals surface area contributed by atoms with Crippen LogP contribution in [-0.4, -0.2) is 23.7 Å². The van der Waals surface area contributed by atoms with E-state index in [0.29, 0.717) is 17.8 Å². The minimum Gasteiger partial charge on any atom is -0.373 e. The van der Waals surface area contributed by atoms with Crippen LogP contribution in [0.15, 0.2) is 4.52 Å². The number of ether oxygens (including phenoxy) is 1. The van der Waals surface area contributed by atoms with E-state index in [0.717, 1.165) is 12.8 Å². The molecule has 0 radical (unpaired) electrons. The monoisotopic (exact) mass is 253 g/mol. The van der Waals surface area contributed by atoms with E-state index in [-0.39, 0.29) is 17.9 Å². The van der Waals surface area contributed by atoms with Gasteiger partial charge in [-0.1, -0.05) is 19.0 Å². The standard InChI is InChI=1S/C11H15N3O4/c1-6(2)8-9(12-5-15)10(18-14-8)17-11(16)13-7-3-4-7/h5-7H,3-4H2,1-2H3,(H,12,15)(H,13,16). The second-order valence-corrected chi connectivity index (χ2v) is 4.46. The highest BCUT2D eigenvalue weighted by Crippen LogP contribution is 2.33. The van der Waals surface area contributed by atoms with Crippen LogP contribution in [0.25, 0.3) is 0 Å². The fourth-order valence-electron chi connectivity index (χ4n) is 1.45. The summed E-state index contributed by atoms with van der Waals surface area (Å²) in [7, 11) is 0. The predicted octanol–water partition coefficient (Wildman–Crippen LogP) is 1.62. The van der Waals surface area contributed by atoms with Crippen LogP contribution >= 0.6 is 0 Å². The molecule has 7 heteroatoms. The van der Waals surface area contributed by atoms with Gasteiger partial charge in [0, 0.05) is 12.0 Å². The lowest BCUT2D eigenvalue weighted by molar-refractivity contribution is -0.105. The first kappa shape index (κ1) is 12.4. The van der Waals surface area contributed by atoms with Crippen LogP contribution < -0.4 is 15.4 Å². The van der Waals surface area contributed by atoms with E-state index in [4.69, 9.17) is 9.26 Å². The highest BCUT2D eigenvalue weighted by atomic mass is 16.7. The number of anilines is 1. The molecular formula is C11H15N3O4. The molecule has 2 N–H and O–H groups in total. The Bertz CT molecular complexity index is 451. The lowest BCUT2D eigenvalue weighted by atomic mass is 10.1. The zero-order valence-electron chi connectivity index (χ0n) is 10.2. The minimum absolute atomic E-state index is 0.0417. The van der Waals surface area contributed by atoms with Gasteiger partial charge in [-0.2, -0.15) is 0 Å². The molecule has 1 saturated carbocycles. The van der Waals surface area contributed by atoms with Gasteiger partial charge in [0.2, 0.25) is 6.41 Å². The number of nitrogens with zero attached hydrogens (tertiary/aromatic N) is 1. The highest BCUT2D eigenvalue weighted by Gasteiger charge is 2.27. The third kappa shape index (κ3) is 2.79. The van der Waals surface area contributed by atoms with Crippen molar-refractivity contribution in [2.75, 3.05) is 5.32 Å². The quantitative estimate of drug-likeness (QED) is 0.777. The maximum absolute atomic E-state index is 11.5. The molecule has 2 amide bonds. The average Bonchev–Trinajstić information content (AvgIpc) is 3.02. The summed E-state index contributed by atoms with van der Waals surface area (Å²) in [6.07, 6.45) is 1.81. The Morgan fingerprint density at radius 2 is 2.28 bits per heavy atom. The number of nitrogens with one attached hydrogen (secondary N) is 2. The molecule has 18 heavy (non-hydrogen) atoms. The molecule has 1 aliphatic carbocycles. The Labute approximate surface area is 104 Å². The van der Waals surface area contributed by atoms with Gasteiger partial charge in [0.25, 0.3) is 0 Å². The number of rotatable bonds is 5. The Morgan fingerprint density at radius 3 is 2.83 bits per heavy atom. The van der Waals surface area contributed by atoms with E-state index in [1.54, 1.807) is 0 Å². The molecule has 0 bridgehead atoms. The van der Waals surface area contributed by atoms with Crippen LogP contribution in [0, 0.1) is 0 Å². The molecule has 0 saturated heterocycles. The van der Waals surface area contributed by atoms with Crippen molar-refractivity contribution in [1.29, 1.82) is 0 Å². The average molecular weight is 253 g/mol. The van der Waals surface area contributed by atoms with Gasteiger partial charge in [-0.3, -0.25) is 4.79 Å². The van der Waals surface area contributed by atoms with Crippen LogP contribution in [0.5, 0.6) is 5.95 Å². The van der Waals surface area contributed by atoms with Gasteiger partial charge in [0.05, 0.1) is 0 Å². The summed E-state index contributed by atoms with van der Waals surface area (Å²) >= 11 is 0. The smallest absolute Gasteiger partial charge is 0.373 e. The second-order valence-electron chi connectivity index (χ2n) is 4.46. The molecule has 1 heterocycles.